The molecule has 1 nitrogen and oxygen atoms in total. The molecule has 0 aliphatic heterocycles. The maximum Gasteiger partial charge on any atom is 0.277 e. The van der Waals surface area contributed by atoms with Crippen molar-refractivity contribution >= 4 is 55.8 Å². The van der Waals surface area contributed by atoms with Crippen molar-refractivity contribution in [2.75, 3.05) is 0 Å². The van der Waals surface area contributed by atoms with Crippen molar-refractivity contribution in [3.63, 3.8) is 0 Å². The normalized spacial score (nSPS) is 12.1. The van der Waals surface area contributed by atoms with Gasteiger partial charge in [0.15, 0.2) is 0 Å². The second-order valence-electron chi connectivity index (χ2n) is 5.80. The maximum atomic E-state index is 6.32. The highest BCUT2D eigenvalue weighted by Gasteiger charge is 2.23. The number of hydrogen-bond donors (Lipinski definition) is 0. The molecule has 1 aromatic heterocycles. The van der Waals surface area contributed by atoms with E-state index in [4.69, 9.17) is 22.2 Å². The highest BCUT2D eigenvalue weighted by molar-refractivity contribution is 7.50. The summed E-state index contributed by atoms with van der Waals surface area (Å²) < 4.78 is 2.29. The highest BCUT2D eigenvalue weighted by Crippen LogP contribution is 2.31. The van der Waals surface area contributed by atoms with E-state index < -0.39 is 6.69 Å². The summed E-state index contributed by atoms with van der Waals surface area (Å²) in [6.07, 6.45) is 0. The zero-order valence-electron chi connectivity index (χ0n) is 12.6. The van der Waals surface area contributed by atoms with Crippen LogP contribution in [0.15, 0.2) is 72.8 Å². The van der Waals surface area contributed by atoms with E-state index in [2.05, 4.69) is 65.2 Å². The molecule has 0 atom stereocenters. The average molecular weight is 356 g/mol. The minimum Gasteiger partial charge on any atom is -0.309 e. The van der Waals surface area contributed by atoms with E-state index in [1.165, 1.54) is 21.8 Å². The lowest BCUT2D eigenvalue weighted by molar-refractivity contribution is 1.18. The summed E-state index contributed by atoms with van der Waals surface area (Å²) >= 11 is 12.6. The molecule has 0 amide bonds. The van der Waals surface area contributed by atoms with Crippen LogP contribution in [0.5, 0.6) is 0 Å². The van der Waals surface area contributed by atoms with Crippen LogP contribution in [-0.2, 0) is 0 Å². The second kappa shape index (κ2) is 5.41. The molecular formula is C19H15Cl2NSi. The van der Waals surface area contributed by atoms with E-state index in [-0.39, 0.29) is 0 Å². The number of benzene rings is 3. The molecule has 0 N–H and O–H groups in total. The molecule has 3 aromatic carbocycles. The molecule has 0 unspecified atom stereocenters. The van der Waals surface area contributed by atoms with Crippen molar-refractivity contribution in [1.82, 2.24) is 4.57 Å². The molecule has 4 heteroatoms. The summed E-state index contributed by atoms with van der Waals surface area (Å²) in [5.74, 6) is 0. The monoisotopic (exact) mass is 355 g/mol. The van der Waals surface area contributed by atoms with Gasteiger partial charge in [-0.05, 0) is 36.0 Å². The predicted molar refractivity (Wildman–Crippen MR) is 104 cm³/mol. The van der Waals surface area contributed by atoms with Crippen LogP contribution in [0.25, 0.3) is 27.5 Å². The van der Waals surface area contributed by atoms with Crippen molar-refractivity contribution in [1.29, 1.82) is 0 Å². The Morgan fingerprint density at radius 1 is 0.696 bits per heavy atom. The Morgan fingerprint density at radius 2 is 1.17 bits per heavy atom. The van der Waals surface area contributed by atoms with Gasteiger partial charge in [0.2, 0.25) is 0 Å². The van der Waals surface area contributed by atoms with Gasteiger partial charge in [-0.3, -0.25) is 0 Å². The number of fused-ring (bicyclic) bond motifs is 3. The van der Waals surface area contributed by atoms with Gasteiger partial charge in [-0.1, -0.05) is 48.5 Å². The first kappa shape index (κ1) is 14.8. The van der Waals surface area contributed by atoms with Crippen LogP contribution in [0, 0.1) is 0 Å². The van der Waals surface area contributed by atoms with Crippen molar-refractivity contribution < 1.29 is 0 Å². The number of hydrogen-bond acceptors (Lipinski definition) is 0. The van der Waals surface area contributed by atoms with E-state index in [9.17, 15) is 0 Å². The molecule has 0 aliphatic carbocycles. The summed E-state index contributed by atoms with van der Waals surface area (Å²) in [6.45, 7) is -0.391. The zero-order chi connectivity index (χ0) is 16.0. The summed E-state index contributed by atoms with van der Waals surface area (Å²) in [7, 11) is 0. The van der Waals surface area contributed by atoms with Crippen LogP contribution >= 0.6 is 22.2 Å². The molecule has 0 aliphatic rings. The lowest BCUT2D eigenvalue weighted by Gasteiger charge is -2.13. The third-order valence-electron chi connectivity index (χ3n) is 4.21. The SMILES string of the molecule is C[Si](Cl)(Cl)c1ccc(-n2c3ccccc3c3ccccc32)cc1. The third-order valence-corrected chi connectivity index (χ3v) is 6.87. The summed E-state index contributed by atoms with van der Waals surface area (Å²) in [4.78, 5) is 0. The van der Waals surface area contributed by atoms with Crippen LogP contribution in [-0.4, -0.2) is 11.3 Å². The number of nitrogens with zero attached hydrogens (tertiary/aromatic N) is 1. The Bertz CT molecular complexity index is 944. The molecule has 0 fully saturated rings. The number of para-hydroxylation sites is 2. The van der Waals surface area contributed by atoms with E-state index in [0.29, 0.717) is 0 Å². The molecule has 0 radical (unpaired) electrons. The second-order valence-corrected chi connectivity index (χ2v) is 13.3. The summed E-state index contributed by atoms with van der Waals surface area (Å²) in [5, 5.41) is 3.56. The minimum atomic E-state index is -2.31. The Balaban J connectivity index is 2.01. The lowest BCUT2D eigenvalue weighted by atomic mass is 10.2. The molecule has 0 bridgehead atoms. The van der Waals surface area contributed by atoms with Gasteiger partial charge < -0.3 is 4.57 Å². The standard InChI is InChI=1S/C19H15Cl2NSi/c1-23(20,21)15-12-10-14(11-13-15)22-18-8-4-2-6-16(18)17-7-3-5-9-19(17)22/h2-13H,1H3. The van der Waals surface area contributed by atoms with Crippen molar-refractivity contribution in [3.8, 4) is 5.69 Å². The van der Waals surface area contributed by atoms with Crippen LogP contribution in [0.3, 0.4) is 0 Å². The average Bonchev–Trinajstić information content (AvgIpc) is 2.89. The van der Waals surface area contributed by atoms with Crippen LogP contribution < -0.4 is 5.19 Å². The van der Waals surface area contributed by atoms with Crippen molar-refractivity contribution in [2.45, 2.75) is 6.55 Å². The third kappa shape index (κ3) is 2.47. The van der Waals surface area contributed by atoms with Crippen LogP contribution in [0.1, 0.15) is 0 Å². The molecule has 1 heterocycles. The van der Waals surface area contributed by atoms with Gasteiger partial charge in [-0.25, -0.2) is 0 Å². The van der Waals surface area contributed by atoms with Gasteiger partial charge in [-0.15, -0.1) is 22.2 Å². The molecule has 23 heavy (non-hydrogen) atoms. The molecular weight excluding hydrogens is 341 g/mol. The van der Waals surface area contributed by atoms with E-state index in [1.54, 1.807) is 0 Å². The smallest absolute Gasteiger partial charge is 0.277 e. The Labute approximate surface area is 145 Å². The lowest BCUT2D eigenvalue weighted by Crippen LogP contribution is -2.32. The molecule has 0 spiro atoms. The summed E-state index contributed by atoms with van der Waals surface area (Å²) in [5.41, 5.74) is 3.54. The van der Waals surface area contributed by atoms with E-state index in [1.807, 2.05) is 18.7 Å². The quantitative estimate of drug-likeness (QED) is 0.328. The fourth-order valence-electron chi connectivity index (χ4n) is 3.10. The maximum absolute atomic E-state index is 6.32. The summed E-state index contributed by atoms with van der Waals surface area (Å²) in [6, 6.07) is 25.3. The fourth-order valence-corrected chi connectivity index (χ4v) is 4.61. The Kier molecular flexibility index (Phi) is 3.49. The van der Waals surface area contributed by atoms with Crippen LogP contribution in [0.2, 0.25) is 6.55 Å². The largest absolute Gasteiger partial charge is 0.309 e. The number of rotatable bonds is 2. The number of halogens is 2. The van der Waals surface area contributed by atoms with E-state index in [0.717, 1.165) is 10.9 Å². The predicted octanol–water partition coefficient (Wildman–Crippen LogP) is 5.54. The molecule has 0 saturated heterocycles. The van der Waals surface area contributed by atoms with Gasteiger partial charge in [-0.2, -0.15) is 0 Å². The topological polar surface area (TPSA) is 4.93 Å². The first-order chi connectivity index (χ1) is 11.1. The zero-order valence-corrected chi connectivity index (χ0v) is 15.1. The van der Waals surface area contributed by atoms with Gasteiger partial charge in [0.05, 0.1) is 11.0 Å². The number of aromatic nitrogens is 1. The van der Waals surface area contributed by atoms with Gasteiger partial charge in [0.1, 0.15) is 0 Å². The van der Waals surface area contributed by atoms with Gasteiger partial charge in [0, 0.05) is 16.5 Å². The van der Waals surface area contributed by atoms with E-state index >= 15 is 0 Å². The highest BCUT2D eigenvalue weighted by atomic mass is 35.7. The van der Waals surface area contributed by atoms with Gasteiger partial charge >= 0.3 is 0 Å². The Morgan fingerprint density at radius 3 is 1.65 bits per heavy atom. The fraction of sp³-hybridized carbons (Fsp3) is 0.0526. The van der Waals surface area contributed by atoms with Crippen LogP contribution in [0.4, 0.5) is 0 Å². The van der Waals surface area contributed by atoms with Gasteiger partial charge in [0.25, 0.3) is 6.69 Å². The minimum absolute atomic E-state index is 1.03. The first-order valence-electron chi connectivity index (χ1n) is 7.52. The van der Waals surface area contributed by atoms with Crippen molar-refractivity contribution in [3.05, 3.63) is 72.8 Å². The Hall–Kier alpha value is -1.74. The molecule has 4 aromatic rings. The first-order valence-corrected chi connectivity index (χ1v) is 12.0. The molecule has 0 saturated carbocycles. The van der Waals surface area contributed by atoms with Crippen molar-refractivity contribution in [2.24, 2.45) is 0 Å². The molecule has 4 rings (SSSR count). The molecule has 114 valence electrons.